The van der Waals surface area contributed by atoms with E-state index in [1.807, 2.05) is 12.1 Å². The fourth-order valence-corrected chi connectivity index (χ4v) is 2.38. The van der Waals surface area contributed by atoms with E-state index in [1.54, 1.807) is 29.1 Å². The molecular weight excluding hydrogens is 370 g/mol. The molecule has 9 heteroatoms. The number of halogens is 1. The Balaban J connectivity index is 1.57. The predicted octanol–water partition coefficient (Wildman–Crippen LogP) is 3.26. The van der Waals surface area contributed by atoms with Gasteiger partial charge in [0.05, 0.1) is 17.7 Å². The lowest BCUT2D eigenvalue weighted by Crippen LogP contribution is -2.18. The molecular formula is C18H14ClN5O3. The Morgan fingerprint density at radius 3 is 2.56 bits per heavy atom. The van der Waals surface area contributed by atoms with Crippen molar-refractivity contribution >= 4 is 29.4 Å². The predicted molar refractivity (Wildman–Crippen MR) is 101 cm³/mol. The van der Waals surface area contributed by atoms with Crippen LogP contribution in [0.25, 0.3) is 0 Å². The van der Waals surface area contributed by atoms with Crippen LogP contribution in [0.3, 0.4) is 0 Å². The lowest BCUT2D eigenvalue weighted by Gasteiger charge is -2.02. The lowest BCUT2D eigenvalue weighted by atomic mass is 10.2. The first-order chi connectivity index (χ1) is 13.0. The molecule has 1 heterocycles. The Morgan fingerprint density at radius 2 is 1.89 bits per heavy atom. The number of carbonyl (C=O) groups is 1. The normalized spacial score (nSPS) is 10.9. The van der Waals surface area contributed by atoms with Gasteiger partial charge < -0.3 is 0 Å². The number of hydrazone groups is 1. The van der Waals surface area contributed by atoms with Gasteiger partial charge >= 0.3 is 0 Å². The van der Waals surface area contributed by atoms with Crippen molar-refractivity contribution in [2.24, 2.45) is 5.10 Å². The summed E-state index contributed by atoms with van der Waals surface area (Å²) in [6, 6.07) is 14.7. The van der Waals surface area contributed by atoms with Gasteiger partial charge in [0.25, 0.3) is 11.6 Å². The van der Waals surface area contributed by atoms with Gasteiger partial charge in [-0.1, -0.05) is 23.7 Å². The van der Waals surface area contributed by atoms with Crippen molar-refractivity contribution in [2.75, 3.05) is 0 Å². The second-order valence-electron chi connectivity index (χ2n) is 5.57. The highest BCUT2D eigenvalue weighted by atomic mass is 35.5. The van der Waals surface area contributed by atoms with Crippen LogP contribution in [0, 0.1) is 10.1 Å². The zero-order chi connectivity index (χ0) is 19.2. The van der Waals surface area contributed by atoms with Gasteiger partial charge in [0.1, 0.15) is 0 Å². The first-order valence-electron chi connectivity index (χ1n) is 7.87. The Labute approximate surface area is 159 Å². The molecule has 0 bridgehead atoms. The summed E-state index contributed by atoms with van der Waals surface area (Å²) in [7, 11) is 0. The van der Waals surface area contributed by atoms with E-state index < -0.39 is 10.8 Å². The smallest absolute Gasteiger partial charge is 0.268 e. The van der Waals surface area contributed by atoms with Gasteiger partial charge in [-0.3, -0.25) is 19.6 Å². The van der Waals surface area contributed by atoms with Crippen LogP contribution < -0.4 is 5.43 Å². The van der Waals surface area contributed by atoms with E-state index in [9.17, 15) is 14.9 Å². The molecule has 1 N–H and O–H groups in total. The Hall–Kier alpha value is -3.52. The zero-order valence-electron chi connectivity index (χ0n) is 13.9. The van der Waals surface area contributed by atoms with Gasteiger partial charge in [-0.15, -0.1) is 0 Å². The number of rotatable bonds is 6. The number of carbonyl (C=O) groups excluding carboxylic acids is 1. The highest BCUT2D eigenvalue weighted by Crippen LogP contribution is 2.11. The van der Waals surface area contributed by atoms with Gasteiger partial charge in [0.15, 0.2) is 5.69 Å². The molecule has 136 valence electrons. The molecule has 0 aliphatic carbocycles. The third-order valence-corrected chi connectivity index (χ3v) is 3.87. The monoisotopic (exact) mass is 383 g/mol. The third-order valence-electron chi connectivity index (χ3n) is 3.61. The minimum absolute atomic E-state index is 0.0117. The number of nitrogens with zero attached hydrogens (tertiary/aromatic N) is 4. The molecule has 3 aromatic rings. The second-order valence-corrected chi connectivity index (χ2v) is 6.01. The molecule has 0 aliphatic rings. The highest BCUT2D eigenvalue weighted by Gasteiger charge is 2.09. The Morgan fingerprint density at radius 1 is 1.19 bits per heavy atom. The van der Waals surface area contributed by atoms with Crippen molar-refractivity contribution in [3.8, 4) is 0 Å². The number of nitrogens with one attached hydrogen (secondary N) is 1. The first kappa shape index (κ1) is 18.3. The summed E-state index contributed by atoms with van der Waals surface area (Å²) >= 11 is 5.86. The molecule has 2 aromatic carbocycles. The lowest BCUT2D eigenvalue weighted by molar-refractivity contribution is -0.384. The molecule has 0 atom stereocenters. The zero-order valence-corrected chi connectivity index (χ0v) is 14.7. The number of nitro benzene ring substituents is 1. The van der Waals surface area contributed by atoms with Crippen molar-refractivity contribution < 1.29 is 9.72 Å². The average Bonchev–Trinajstić information content (AvgIpc) is 3.12. The van der Waals surface area contributed by atoms with E-state index in [1.165, 1.54) is 30.5 Å². The van der Waals surface area contributed by atoms with E-state index in [-0.39, 0.29) is 11.4 Å². The van der Waals surface area contributed by atoms with Crippen LogP contribution in [0.2, 0.25) is 5.02 Å². The van der Waals surface area contributed by atoms with E-state index in [0.717, 1.165) is 5.56 Å². The number of amides is 1. The molecule has 0 saturated heterocycles. The van der Waals surface area contributed by atoms with Crippen LogP contribution in [-0.4, -0.2) is 26.8 Å². The fourth-order valence-electron chi connectivity index (χ4n) is 2.25. The number of benzene rings is 2. The second kappa shape index (κ2) is 8.24. The maximum atomic E-state index is 12.1. The van der Waals surface area contributed by atoms with E-state index in [4.69, 9.17) is 11.6 Å². The fraction of sp³-hybridized carbons (Fsp3) is 0.0556. The summed E-state index contributed by atoms with van der Waals surface area (Å²) in [5.41, 5.74) is 4.21. The number of nitro groups is 1. The van der Waals surface area contributed by atoms with Gasteiger partial charge in [-0.05, 0) is 41.5 Å². The molecule has 1 amide bonds. The summed E-state index contributed by atoms with van der Waals surface area (Å²) in [6.07, 6.45) is 3.09. The van der Waals surface area contributed by atoms with Crippen molar-refractivity contribution in [1.82, 2.24) is 15.2 Å². The molecule has 1 aromatic heterocycles. The van der Waals surface area contributed by atoms with Crippen LogP contribution in [0.5, 0.6) is 0 Å². The summed E-state index contributed by atoms with van der Waals surface area (Å²) < 4.78 is 1.64. The Bertz CT molecular complexity index is 981. The third kappa shape index (κ3) is 4.99. The largest absolute Gasteiger partial charge is 0.291 e. The van der Waals surface area contributed by atoms with Crippen LogP contribution in [-0.2, 0) is 6.54 Å². The van der Waals surface area contributed by atoms with Crippen molar-refractivity contribution in [2.45, 2.75) is 6.54 Å². The quantitative estimate of drug-likeness (QED) is 0.401. The van der Waals surface area contributed by atoms with Gasteiger partial charge in [0, 0.05) is 23.4 Å². The summed E-state index contributed by atoms with van der Waals surface area (Å²) in [6.45, 7) is 0.510. The topological polar surface area (TPSA) is 102 Å². The molecule has 3 rings (SSSR count). The van der Waals surface area contributed by atoms with Gasteiger partial charge in [-0.25, -0.2) is 5.43 Å². The minimum Gasteiger partial charge on any atom is -0.268 e. The summed E-state index contributed by atoms with van der Waals surface area (Å²) in [4.78, 5) is 22.2. The number of non-ortho nitro benzene ring substituents is 1. The average molecular weight is 384 g/mol. The van der Waals surface area contributed by atoms with Crippen LogP contribution in [0.15, 0.2) is 65.9 Å². The number of hydrogen-bond acceptors (Lipinski definition) is 5. The standard InChI is InChI=1S/C18H14ClN5O3/c19-15-5-1-14(2-6-15)12-23-10-9-17(22-23)18(25)21-20-11-13-3-7-16(8-4-13)24(26)27/h1-11H,12H2,(H,21,25). The van der Waals surface area contributed by atoms with Gasteiger partial charge in [0.2, 0.25) is 0 Å². The first-order valence-corrected chi connectivity index (χ1v) is 8.25. The van der Waals surface area contributed by atoms with E-state index in [2.05, 4.69) is 15.6 Å². The molecule has 0 saturated carbocycles. The molecule has 0 unspecified atom stereocenters. The summed E-state index contributed by atoms with van der Waals surface area (Å²) in [5, 5.41) is 19.3. The Kier molecular flexibility index (Phi) is 5.58. The molecule has 0 radical (unpaired) electrons. The van der Waals surface area contributed by atoms with Crippen LogP contribution in [0.4, 0.5) is 5.69 Å². The van der Waals surface area contributed by atoms with Gasteiger partial charge in [-0.2, -0.15) is 10.2 Å². The highest BCUT2D eigenvalue weighted by molar-refractivity contribution is 6.30. The molecule has 0 aliphatic heterocycles. The maximum absolute atomic E-state index is 12.1. The van der Waals surface area contributed by atoms with Crippen LogP contribution >= 0.6 is 11.6 Å². The molecule has 0 fully saturated rings. The van der Waals surface area contributed by atoms with E-state index >= 15 is 0 Å². The minimum atomic E-state index is -0.483. The molecule has 0 spiro atoms. The SMILES string of the molecule is O=C(NN=Cc1ccc([N+](=O)[O-])cc1)c1ccn(Cc2ccc(Cl)cc2)n1. The maximum Gasteiger partial charge on any atom is 0.291 e. The number of aromatic nitrogens is 2. The van der Waals surface area contributed by atoms with Crippen molar-refractivity contribution in [3.63, 3.8) is 0 Å². The van der Waals surface area contributed by atoms with Crippen molar-refractivity contribution in [3.05, 3.63) is 92.8 Å². The number of hydrogen-bond donors (Lipinski definition) is 1. The molecule has 8 nitrogen and oxygen atoms in total. The van der Waals surface area contributed by atoms with Crippen LogP contribution in [0.1, 0.15) is 21.6 Å². The van der Waals surface area contributed by atoms with Crippen molar-refractivity contribution in [1.29, 1.82) is 0 Å². The molecule has 27 heavy (non-hydrogen) atoms. The van der Waals surface area contributed by atoms with E-state index in [0.29, 0.717) is 17.1 Å². The summed E-state index contributed by atoms with van der Waals surface area (Å²) in [5.74, 6) is -0.456.